The number of anilines is 1. The Hall–Kier alpha value is -1.77. The molecule has 10 heteroatoms. The summed E-state index contributed by atoms with van der Waals surface area (Å²) >= 11 is 11.6. The molecule has 0 fully saturated rings. The van der Waals surface area contributed by atoms with Gasteiger partial charge in [-0.15, -0.1) is 0 Å². The monoisotopic (exact) mass is 349 g/mol. The van der Waals surface area contributed by atoms with Gasteiger partial charge in [-0.3, -0.25) is 9.40 Å². The molecule has 21 heavy (non-hydrogen) atoms. The summed E-state index contributed by atoms with van der Waals surface area (Å²) in [4.78, 5) is 11.2. The molecule has 2 N–H and O–H groups in total. The van der Waals surface area contributed by atoms with Crippen molar-refractivity contribution >= 4 is 44.9 Å². The van der Waals surface area contributed by atoms with E-state index in [9.17, 15) is 13.2 Å². The molecule has 0 aliphatic carbocycles. The molecule has 0 spiro atoms. The number of aromatic carboxylic acids is 1. The lowest BCUT2D eigenvalue weighted by atomic mass is 10.2. The summed E-state index contributed by atoms with van der Waals surface area (Å²) in [5.41, 5.74) is -0.506. The Labute approximate surface area is 130 Å². The Morgan fingerprint density at radius 1 is 1.33 bits per heavy atom. The number of halogens is 2. The Morgan fingerprint density at radius 3 is 2.52 bits per heavy atom. The number of rotatable bonds is 4. The molecule has 0 radical (unpaired) electrons. The molecule has 0 saturated carbocycles. The van der Waals surface area contributed by atoms with E-state index in [0.717, 1.165) is 4.68 Å². The molecule has 0 unspecified atom stereocenters. The van der Waals surface area contributed by atoms with Gasteiger partial charge in [-0.05, 0) is 12.1 Å². The summed E-state index contributed by atoms with van der Waals surface area (Å²) in [6.45, 7) is 0. The first-order valence-corrected chi connectivity index (χ1v) is 7.70. The lowest BCUT2D eigenvalue weighted by Gasteiger charge is -2.11. The third-order valence-corrected chi connectivity index (χ3v) is 4.75. The van der Waals surface area contributed by atoms with Crippen molar-refractivity contribution in [3.05, 3.63) is 40.0 Å². The van der Waals surface area contributed by atoms with Crippen LogP contribution in [0.1, 0.15) is 10.4 Å². The average Bonchev–Trinajstić information content (AvgIpc) is 2.68. The van der Waals surface area contributed by atoms with Gasteiger partial charge in [0.1, 0.15) is 5.56 Å². The summed E-state index contributed by atoms with van der Waals surface area (Å²) in [6, 6.07) is 4.06. The van der Waals surface area contributed by atoms with Gasteiger partial charge in [0.15, 0.2) is 5.03 Å². The van der Waals surface area contributed by atoms with E-state index in [1.54, 1.807) is 0 Å². The largest absolute Gasteiger partial charge is 0.478 e. The number of hydrogen-bond donors (Lipinski definition) is 2. The number of sulfonamides is 1. The van der Waals surface area contributed by atoms with E-state index in [1.807, 2.05) is 0 Å². The zero-order valence-corrected chi connectivity index (χ0v) is 12.9. The second-order valence-electron chi connectivity index (χ2n) is 3.99. The minimum absolute atomic E-state index is 0.0797. The zero-order valence-electron chi connectivity index (χ0n) is 10.5. The zero-order chi connectivity index (χ0) is 15.8. The fourth-order valence-corrected chi connectivity index (χ4v) is 3.71. The second-order valence-corrected chi connectivity index (χ2v) is 6.41. The van der Waals surface area contributed by atoms with Gasteiger partial charge in [-0.1, -0.05) is 29.3 Å². The summed E-state index contributed by atoms with van der Waals surface area (Å²) in [5, 5.41) is 12.4. The summed E-state index contributed by atoms with van der Waals surface area (Å²) < 4.78 is 27.8. The highest BCUT2D eigenvalue weighted by Gasteiger charge is 2.25. The van der Waals surface area contributed by atoms with Crippen molar-refractivity contribution in [1.82, 2.24) is 9.78 Å². The van der Waals surface area contributed by atoms with Crippen LogP contribution in [0.3, 0.4) is 0 Å². The first-order chi connectivity index (χ1) is 9.74. The number of hydrogen-bond acceptors (Lipinski definition) is 4. The van der Waals surface area contributed by atoms with Crippen LogP contribution < -0.4 is 4.72 Å². The topological polar surface area (TPSA) is 101 Å². The van der Waals surface area contributed by atoms with E-state index < -0.39 is 16.0 Å². The maximum absolute atomic E-state index is 12.3. The van der Waals surface area contributed by atoms with Gasteiger partial charge in [-0.25, -0.2) is 4.79 Å². The molecular weight excluding hydrogens is 341 g/mol. The van der Waals surface area contributed by atoms with Crippen molar-refractivity contribution in [3.8, 4) is 0 Å². The molecule has 7 nitrogen and oxygen atoms in total. The highest BCUT2D eigenvalue weighted by molar-refractivity contribution is 7.92. The number of aromatic nitrogens is 2. The van der Waals surface area contributed by atoms with Crippen LogP contribution in [0.15, 0.2) is 29.4 Å². The molecule has 1 aromatic carbocycles. The van der Waals surface area contributed by atoms with E-state index >= 15 is 0 Å². The third-order valence-electron chi connectivity index (χ3n) is 2.57. The van der Waals surface area contributed by atoms with Crippen LogP contribution in [0.25, 0.3) is 0 Å². The van der Waals surface area contributed by atoms with Crippen molar-refractivity contribution in [2.24, 2.45) is 7.05 Å². The van der Waals surface area contributed by atoms with Crippen LogP contribution in [-0.2, 0) is 17.1 Å². The standard InChI is InChI=1S/C11H9Cl2N3O4S/c1-16-10(7(13)5-14-16)21(19,20)15-8-4-2-3-6(12)9(8)11(17)18/h2-5,15H,1H3,(H,17,18). The number of carboxylic acids is 1. The average molecular weight is 350 g/mol. The first kappa shape index (κ1) is 15.6. The van der Waals surface area contributed by atoms with Gasteiger partial charge in [0.25, 0.3) is 10.0 Å². The number of benzene rings is 1. The Morgan fingerprint density at radius 2 is 2.00 bits per heavy atom. The summed E-state index contributed by atoms with van der Waals surface area (Å²) in [5.74, 6) is -1.35. The van der Waals surface area contributed by atoms with Gasteiger partial charge in [-0.2, -0.15) is 13.5 Å². The van der Waals surface area contributed by atoms with Gasteiger partial charge in [0.05, 0.1) is 21.9 Å². The van der Waals surface area contributed by atoms with Gasteiger partial charge < -0.3 is 5.11 Å². The quantitative estimate of drug-likeness (QED) is 0.881. The molecule has 112 valence electrons. The molecular formula is C11H9Cl2N3O4S. The Bertz CT molecular complexity index is 797. The molecule has 2 aromatic rings. The van der Waals surface area contributed by atoms with Crippen molar-refractivity contribution in [3.63, 3.8) is 0 Å². The van der Waals surface area contributed by atoms with Gasteiger partial charge in [0, 0.05) is 7.05 Å². The van der Waals surface area contributed by atoms with Crippen molar-refractivity contribution in [2.45, 2.75) is 5.03 Å². The van der Waals surface area contributed by atoms with E-state index in [0.29, 0.717) is 0 Å². The van der Waals surface area contributed by atoms with Gasteiger partial charge >= 0.3 is 5.97 Å². The molecule has 1 aromatic heterocycles. The molecule has 0 aliphatic rings. The van der Waals surface area contributed by atoms with Gasteiger partial charge in [0.2, 0.25) is 0 Å². The fourth-order valence-electron chi connectivity index (χ4n) is 1.72. The number of nitrogens with one attached hydrogen (secondary N) is 1. The van der Waals surface area contributed by atoms with E-state index in [4.69, 9.17) is 28.3 Å². The van der Waals surface area contributed by atoms with E-state index in [2.05, 4.69) is 9.82 Å². The van der Waals surface area contributed by atoms with Crippen LogP contribution in [0.4, 0.5) is 5.69 Å². The van der Waals surface area contributed by atoms with E-state index in [-0.39, 0.29) is 26.3 Å². The first-order valence-electron chi connectivity index (χ1n) is 5.46. The normalized spacial score (nSPS) is 11.4. The number of carboxylic acid groups (broad SMARTS) is 1. The Balaban J connectivity index is 2.53. The van der Waals surface area contributed by atoms with Crippen LogP contribution in [0.2, 0.25) is 10.0 Å². The molecule has 1 heterocycles. The molecule has 0 bridgehead atoms. The predicted molar refractivity (Wildman–Crippen MR) is 77.4 cm³/mol. The number of nitrogens with zero attached hydrogens (tertiary/aromatic N) is 2. The highest BCUT2D eigenvalue weighted by Crippen LogP contribution is 2.28. The number of carbonyl (C=O) groups is 1. The van der Waals surface area contributed by atoms with Crippen LogP contribution in [-0.4, -0.2) is 29.3 Å². The summed E-state index contributed by atoms with van der Waals surface area (Å²) in [7, 11) is -2.71. The van der Waals surface area contributed by atoms with Crippen LogP contribution in [0.5, 0.6) is 0 Å². The summed E-state index contributed by atoms with van der Waals surface area (Å²) in [6.07, 6.45) is 1.17. The maximum Gasteiger partial charge on any atom is 0.339 e. The molecule has 0 aliphatic heterocycles. The molecule has 0 saturated heterocycles. The van der Waals surface area contributed by atoms with Crippen molar-refractivity contribution in [1.29, 1.82) is 0 Å². The van der Waals surface area contributed by atoms with Crippen molar-refractivity contribution in [2.75, 3.05) is 4.72 Å². The Kier molecular flexibility index (Phi) is 4.13. The fraction of sp³-hybridized carbons (Fsp3) is 0.0909. The number of aryl methyl sites for hydroxylation is 1. The minimum Gasteiger partial charge on any atom is -0.478 e. The minimum atomic E-state index is -4.11. The third kappa shape index (κ3) is 2.97. The van der Waals surface area contributed by atoms with Crippen molar-refractivity contribution < 1.29 is 18.3 Å². The lowest BCUT2D eigenvalue weighted by Crippen LogP contribution is -2.19. The second kappa shape index (κ2) is 5.55. The van der Waals surface area contributed by atoms with E-state index in [1.165, 1.54) is 31.4 Å². The van der Waals surface area contributed by atoms with Crippen LogP contribution in [0, 0.1) is 0 Å². The predicted octanol–water partition coefficient (Wildman–Crippen LogP) is 2.23. The smallest absolute Gasteiger partial charge is 0.339 e. The maximum atomic E-state index is 12.3. The molecule has 0 atom stereocenters. The molecule has 2 rings (SSSR count). The van der Waals surface area contributed by atoms with Crippen LogP contribution >= 0.6 is 23.2 Å². The SMILES string of the molecule is Cn1ncc(Cl)c1S(=O)(=O)Nc1cccc(Cl)c1C(=O)O. The highest BCUT2D eigenvalue weighted by atomic mass is 35.5. The molecule has 0 amide bonds. The lowest BCUT2D eigenvalue weighted by molar-refractivity contribution is 0.0698.